The second-order valence-corrected chi connectivity index (χ2v) is 5.71. The summed E-state index contributed by atoms with van der Waals surface area (Å²) in [5.41, 5.74) is 1.71. The highest BCUT2D eigenvalue weighted by Crippen LogP contribution is 2.29. The van der Waals surface area contributed by atoms with Gasteiger partial charge in [-0.1, -0.05) is 53.9 Å². The number of benzene rings is 2. The molecule has 0 aliphatic heterocycles. The lowest BCUT2D eigenvalue weighted by atomic mass is 10.2. The monoisotopic (exact) mass is 343 g/mol. The summed E-state index contributed by atoms with van der Waals surface area (Å²) in [6.07, 6.45) is 0. The van der Waals surface area contributed by atoms with Gasteiger partial charge in [-0.05, 0) is 30.8 Å². The van der Waals surface area contributed by atoms with Gasteiger partial charge < -0.3 is 10.1 Å². The minimum Gasteiger partial charge on any atom is -0.488 e. The molecule has 0 heterocycles. The van der Waals surface area contributed by atoms with E-state index in [0.29, 0.717) is 28.2 Å². The molecule has 5 heteroatoms. The van der Waals surface area contributed by atoms with Gasteiger partial charge in [-0.25, -0.2) is 0 Å². The van der Waals surface area contributed by atoms with Crippen LogP contribution in [0.3, 0.4) is 0 Å². The molecule has 2 aromatic carbocycles. The molecule has 0 aromatic heterocycles. The third kappa shape index (κ3) is 4.27. The van der Waals surface area contributed by atoms with Gasteiger partial charge in [-0.2, -0.15) is 0 Å². The lowest BCUT2D eigenvalue weighted by Crippen LogP contribution is -2.13. The van der Waals surface area contributed by atoms with Gasteiger partial charge in [0.1, 0.15) is 12.4 Å². The Morgan fingerprint density at radius 1 is 0.905 bits per heavy atom. The molecule has 2 aromatic rings. The fourth-order valence-electron chi connectivity index (χ4n) is 1.92. The molecule has 0 radical (unpaired) electrons. The van der Waals surface area contributed by atoms with Crippen molar-refractivity contribution in [2.45, 2.75) is 20.1 Å². The first kappa shape index (κ1) is 16.4. The van der Waals surface area contributed by atoms with Gasteiger partial charge in [0.2, 0.25) is 0 Å². The van der Waals surface area contributed by atoms with Crippen molar-refractivity contribution in [2.24, 2.45) is 0 Å². The van der Waals surface area contributed by atoms with Gasteiger partial charge in [-0.3, -0.25) is 0 Å². The van der Waals surface area contributed by atoms with Crippen LogP contribution in [0, 0.1) is 0 Å². The van der Waals surface area contributed by atoms with Gasteiger partial charge in [0.25, 0.3) is 0 Å². The Balaban J connectivity index is 2.18. The minimum atomic E-state index is 0.304. The number of nitrogens with one attached hydrogen (secondary N) is 1. The van der Waals surface area contributed by atoms with Crippen molar-refractivity contribution in [1.82, 2.24) is 5.32 Å². The molecular formula is C16H16Cl3NO. The van der Waals surface area contributed by atoms with E-state index in [1.807, 2.05) is 31.2 Å². The highest BCUT2D eigenvalue weighted by atomic mass is 35.5. The van der Waals surface area contributed by atoms with Crippen molar-refractivity contribution >= 4 is 34.8 Å². The molecule has 0 unspecified atom stereocenters. The van der Waals surface area contributed by atoms with Gasteiger partial charge in [0, 0.05) is 32.7 Å². The maximum absolute atomic E-state index is 6.24. The van der Waals surface area contributed by atoms with Crippen LogP contribution in [0.5, 0.6) is 5.75 Å². The summed E-state index contributed by atoms with van der Waals surface area (Å²) in [6, 6.07) is 11.0. The smallest absolute Gasteiger partial charge is 0.125 e. The van der Waals surface area contributed by atoms with Crippen molar-refractivity contribution in [3.63, 3.8) is 0 Å². The number of hydrogen-bond donors (Lipinski definition) is 1. The summed E-state index contributed by atoms with van der Waals surface area (Å²) in [6.45, 7) is 3.86. The van der Waals surface area contributed by atoms with Gasteiger partial charge in [0.05, 0.1) is 0 Å². The standard InChI is InChI=1S/C16H16Cl3NO/c1-2-20-9-11-13(17)7-4-8-16(11)21-10-12-14(18)5-3-6-15(12)19/h3-8,20H,2,9-10H2,1H3. The van der Waals surface area contributed by atoms with E-state index in [-0.39, 0.29) is 0 Å². The molecule has 0 bridgehead atoms. The molecule has 1 N–H and O–H groups in total. The van der Waals surface area contributed by atoms with Crippen molar-refractivity contribution in [3.8, 4) is 5.75 Å². The SMILES string of the molecule is CCNCc1c(Cl)cccc1OCc1c(Cl)cccc1Cl. The Labute approximate surface area is 140 Å². The van der Waals surface area contributed by atoms with Gasteiger partial charge in [-0.15, -0.1) is 0 Å². The van der Waals surface area contributed by atoms with E-state index in [4.69, 9.17) is 39.5 Å². The Morgan fingerprint density at radius 2 is 1.48 bits per heavy atom. The Kier molecular flexibility index (Phi) is 6.19. The summed E-state index contributed by atoms with van der Waals surface area (Å²) in [5, 5.41) is 5.12. The van der Waals surface area contributed by atoms with E-state index in [1.165, 1.54) is 0 Å². The van der Waals surface area contributed by atoms with Crippen LogP contribution in [0.1, 0.15) is 18.1 Å². The number of rotatable bonds is 6. The molecule has 112 valence electrons. The molecule has 0 aliphatic rings. The first-order valence-electron chi connectivity index (χ1n) is 6.67. The zero-order valence-electron chi connectivity index (χ0n) is 11.6. The summed E-state index contributed by atoms with van der Waals surface area (Å²) >= 11 is 18.5. The Bertz CT molecular complexity index is 596. The average molecular weight is 345 g/mol. The second-order valence-electron chi connectivity index (χ2n) is 4.49. The lowest BCUT2D eigenvalue weighted by Gasteiger charge is -2.14. The van der Waals surface area contributed by atoms with Crippen LogP contribution >= 0.6 is 34.8 Å². The normalized spacial score (nSPS) is 10.7. The summed E-state index contributed by atoms with van der Waals surface area (Å²) in [4.78, 5) is 0. The van der Waals surface area contributed by atoms with E-state index in [2.05, 4.69) is 5.32 Å². The molecule has 2 nitrogen and oxygen atoms in total. The van der Waals surface area contributed by atoms with E-state index >= 15 is 0 Å². The van der Waals surface area contributed by atoms with Crippen LogP contribution in [0.2, 0.25) is 15.1 Å². The van der Waals surface area contributed by atoms with Gasteiger partial charge >= 0.3 is 0 Å². The molecular weight excluding hydrogens is 329 g/mol. The quantitative estimate of drug-likeness (QED) is 0.764. The molecule has 0 saturated heterocycles. The topological polar surface area (TPSA) is 21.3 Å². The first-order valence-corrected chi connectivity index (χ1v) is 7.80. The van der Waals surface area contributed by atoms with E-state index in [0.717, 1.165) is 23.4 Å². The summed E-state index contributed by atoms with van der Waals surface area (Å²) in [5.74, 6) is 0.736. The number of hydrogen-bond acceptors (Lipinski definition) is 2. The van der Waals surface area contributed by atoms with E-state index < -0.39 is 0 Å². The highest BCUT2D eigenvalue weighted by molar-refractivity contribution is 6.36. The zero-order valence-corrected chi connectivity index (χ0v) is 13.9. The van der Waals surface area contributed by atoms with Crippen molar-refractivity contribution in [1.29, 1.82) is 0 Å². The maximum atomic E-state index is 6.24. The Hall–Kier alpha value is -0.930. The fourth-order valence-corrected chi connectivity index (χ4v) is 2.66. The highest BCUT2D eigenvalue weighted by Gasteiger charge is 2.10. The van der Waals surface area contributed by atoms with Crippen molar-refractivity contribution < 1.29 is 4.74 Å². The molecule has 0 spiro atoms. The third-order valence-electron chi connectivity index (χ3n) is 3.06. The molecule has 2 rings (SSSR count). The van der Waals surface area contributed by atoms with Crippen LogP contribution in [0.15, 0.2) is 36.4 Å². The minimum absolute atomic E-state index is 0.304. The lowest BCUT2D eigenvalue weighted by molar-refractivity contribution is 0.302. The van der Waals surface area contributed by atoms with Gasteiger partial charge in [0.15, 0.2) is 0 Å². The molecule has 0 atom stereocenters. The predicted molar refractivity (Wildman–Crippen MR) is 89.6 cm³/mol. The Morgan fingerprint density at radius 3 is 2.10 bits per heavy atom. The largest absolute Gasteiger partial charge is 0.488 e. The van der Waals surface area contributed by atoms with Crippen LogP contribution in [0.25, 0.3) is 0 Å². The summed E-state index contributed by atoms with van der Waals surface area (Å²) in [7, 11) is 0. The van der Waals surface area contributed by atoms with Crippen LogP contribution in [-0.4, -0.2) is 6.54 Å². The van der Waals surface area contributed by atoms with Crippen LogP contribution in [-0.2, 0) is 13.2 Å². The van der Waals surface area contributed by atoms with Crippen molar-refractivity contribution in [2.75, 3.05) is 6.54 Å². The van der Waals surface area contributed by atoms with E-state index in [1.54, 1.807) is 12.1 Å². The molecule has 0 saturated carbocycles. The van der Waals surface area contributed by atoms with Crippen molar-refractivity contribution in [3.05, 3.63) is 62.6 Å². The van der Waals surface area contributed by atoms with Crippen LogP contribution in [0.4, 0.5) is 0 Å². The third-order valence-corrected chi connectivity index (χ3v) is 4.12. The van der Waals surface area contributed by atoms with E-state index in [9.17, 15) is 0 Å². The fraction of sp³-hybridized carbons (Fsp3) is 0.250. The molecule has 0 fully saturated rings. The first-order chi connectivity index (χ1) is 10.1. The molecule has 21 heavy (non-hydrogen) atoms. The second kappa shape index (κ2) is 7.90. The van der Waals surface area contributed by atoms with Crippen LogP contribution < -0.4 is 10.1 Å². The zero-order chi connectivity index (χ0) is 15.2. The maximum Gasteiger partial charge on any atom is 0.125 e. The number of halogens is 3. The molecule has 0 aliphatic carbocycles. The average Bonchev–Trinajstić information content (AvgIpc) is 2.46. The molecule has 0 amide bonds. The number of ether oxygens (including phenoxy) is 1. The summed E-state index contributed by atoms with van der Waals surface area (Å²) < 4.78 is 5.87. The predicted octanol–water partition coefficient (Wildman–Crippen LogP) is 5.34.